The third-order valence-corrected chi connectivity index (χ3v) is 4.22. The summed E-state index contributed by atoms with van der Waals surface area (Å²) in [6, 6.07) is 0.284. The third-order valence-electron chi connectivity index (χ3n) is 4.22. The average Bonchev–Trinajstić information content (AvgIpc) is 3.14. The fourth-order valence-corrected chi connectivity index (χ4v) is 2.79. The molecule has 2 aromatic rings. The Bertz CT molecular complexity index is 661. The molecule has 0 spiro atoms. The number of nitrogens with one attached hydrogen (secondary N) is 2. The monoisotopic (exact) mass is 459 g/mol. The van der Waals surface area contributed by atoms with Gasteiger partial charge in [-0.3, -0.25) is 9.67 Å². The van der Waals surface area contributed by atoms with E-state index in [1.807, 2.05) is 24.3 Å². The molecule has 0 radical (unpaired) electrons. The molecular weight excluding hydrogens is 429 g/mol. The lowest BCUT2D eigenvalue weighted by Gasteiger charge is -2.18. The van der Waals surface area contributed by atoms with Crippen molar-refractivity contribution in [1.29, 1.82) is 0 Å². The van der Waals surface area contributed by atoms with Crippen molar-refractivity contribution in [3.63, 3.8) is 0 Å². The highest BCUT2D eigenvalue weighted by Gasteiger charge is 2.13. The average molecular weight is 459 g/mol. The maximum absolute atomic E-state index is 4.48. The molecule has 0 aromatic carbocycles. The zero-order valence-electron chi connectivity index (χ0n) is 15.8. The number of hydrogen-bond donors (Lipinski definition) is 2. The summed E-state index contributed by atoms with van der Waals surface area (Å²) in [5, 5.41) is 11.3. The summed E-state index contributed by atoms with van der Waals surface area (Å²) in [5.41, 5.74) is 3.64. The minimum absolute atomic E-state index is 0. The zero-order chi connectivity index (χ0) is 17.5. The van der Waals surface area contributed by atoms with Crippen LogP contribution >= 0.6 is 24.0 Å². The van der Waals surface area contributed by atoms with Crippen LogP contribution in [-0.4, -0.2) is 44.9 Å². The summed E-state index contributed by atoms with van der Waals surface area (Å²) in [6.07, 6.45) is 7.58. The first-order chi connectivity index (χ1) is 11.5. The first kappa shape index (κ1) is 21.5. The number of rotatable bonds is 7. The van der Waals surface area contributed by atoms with Crippen molar-refractivity contribution in [3.05, 3.63) is 35.7 Å². The molecule has 1 atom stereocenters. The van der Waals surface area contributed by atoms with Crippen LogP contribution in [0, 0.1) is 13.8 Å². The minimum Gasteiger partial charge on any atom is -0.356 e. The van der Waals surface area contributed by atoms with E-state index in [-0.39, 0.29) is 30.0 Å². The number of aliphatic imine (C=N–C) groups is 1. The fraction of sp³-hybridized carbons (Fsp3) is 0.588. The van der Waals surface area contributed by atoms with E-state index in [4.69, 9.17) is 0 Å². The van der Waals surface area contributed by atoms with Crippen LogP contribution in [-0.2, 0) is 20.0 Å². The molecule has 25 heavy (non-hydrogen) atoms. The summed E-state index contributed by atoms with van der Waals surface area (Å²) in [7, 11) is 3.79. The van der Waals surface area contributed by atoms with Gasteiger partial charge in [-0.1, -0.05) is 0 Å². The van der Waals surface area contributed by atoms with Crippen LogP contribution in [0.2, 0.25) is 0 Å². The van der Waals surface area contributed by atoms with Crippen LogP contribution in [0.15, 0.2) is 23.7 Å². The number of aryl methyl sites for hydroxylation is 3. The van der Waals surface area contributed by atoms with E-state index in [1.54, 1.807) is 13.2 Å². The quantitative estimate of drug-likeness (QED) is 0.288. The van der Waals surface area contributed by atoms with Gasteiger partial charge in [0.25, 0.3) is 0 Å². The second kappa shape index (κ2) is 10.4. The topological polar surface area (TPSA) is 72.1 Å². The molecule has 7 nitrogen and oxygen atoms in total. The SMILES string of the molecule is CN=C(NCCCn1ccnc1)NC(C)Cc1c(C)nn(C)c1C.I. The minimum atomic E-state index is 0. The van der Waals surface area contributed by atoms with Crippen molar-refractivity contribution in [2.24, 2.45) is 12.0 Å². The predicted molar refractivity (Wildman–Crippen MR) is 113 cm³/mol. The standard InChI is InChI=1S/C17H29N7.HI/c1-13(11-16-14(2)22-23(5)15(16)3)21-17(18-4)20-7-6-9-24-10-8-19-12-24;/h8,10,12-13H,6-7,9,11H2,1-5H3,(H2,18,20,21);1H. The molecule has 1 unspecified atom stereocenters. The van der Waals surface area contributed by atoms with Crippen LogP contribution < -0.4 is 10.6 Å². The molecule has 0 aliphatic carbocycles. The molecule has 2 heterocycles. The Morgan fingerprint density at radius 3 is 2.68 bits per heavy atom. The van der Waals surface area contributed by atoms with E-state index in [9.17, 15) is 0 Å². The van der Waals surface area contributed by atoms with E-state index in [0.717, 1.165) is 37.6 Å². The maximum atomic E-state index is 4.48. The Balaban J connectivity index is 0.00000312. The highest BCUT2D eigenvalue weighted by Crippen LogP contribution is 2.14. The molecule has 0 saturated heterocycles. The first-order valence-corrected chi connectivity index (χ1v) is 8.43. The largest absolute Gasteiger partial charge is 0.356 e. The van der Waals surface area contributed by atoms with Crippen LogP contribution in [0.1, 0.15) is 30.3 Å². The summed E-state index contributed by atoms with van der Waals surface area (Å²) in [4.78, 5) is 8.36. The molecule has 0 aliphatic rings. The lowest BCUT2D eigenvalue weighted by molar-refractivity contribution is 0.605. The molecular formula is C17H30IN7. The number of aromatic nitrogens is 4. The van der Waals surface area contributed by atoms with E-state index in [1.165, 1.54) is 11.3 Å². The smallest absolute Gasteiger partial charge is 0.191 e. The van der Waals surface area contributed by atoms with E-state index in [0.29, 0.717) is 0 Å². The molecule has 2 N–H and O–H groups in total. The second-order valence-electron chi connectivity index (χ2n) is 6.18. The number of guanidine groups is 1. The fourth-order valence-electron chi connectivity index (χ4n) is 2.79. The lowest BCUT2D eigenvalue weighted by atomic mass is 10.1. The predicted octanol–water partition coefficient (Wildman–Crippen LogP) is 2.04. The van der Waals surface area contributed by atoms with Crippen LogP contribution in [0.4, 0.5) is 0 Å². The number of halogens is 1. The Labute approximate surface area is 167 Å². The van der Waals surface area contributed by atoms with Gasteiger partial charge in [0.05, 0.1) is 12.0 Å². The molecule has 0 saturated carbocycles. The molecule has 2 aromatic heterocycles. The Morgan fingerprint density at radius 1 is 1.36 bits per heavy atom. The molecule has 8 heteroatoms. The van der Waals surface area contributed by atoms with Crippen molar-refractivity contribution in [1.82, 2.24) is 30.0 Å². The van der Waals surface area contributed by atoms with Gasteiger partial charge < -0.3 is 15.2 Å². The van der Waals surface area contributed by atoms with Crippen molar-refractivity contribution in [2.75, 3.05) is 13.6 Å². The molecule has 2 rings (SSSR count). The van der Waals surface area contributed by atoms with Gasteiger partial charge in [-0.2, -0.15) is 5.10 Å². The van der Waals surface area contributed by atoms with Gasteiger partial charge in [-0.25, -0.2) is 4.98 Å². The summed E-state index contributed by atoms with van der Waals surface area (Å²) >= 11 is 0. The van der Waals surface area contributed by atoms with Gasteiger partial charge >= 0.3 is 0 Å². The van der Waals surface area contributed by atoms with Gasteiger partial charge in [-0.05, 0) is 39.2 Å². The zero-order valence-corrected chi connectivity index (χ0v) is 18.1. The Hall–Kier alpha value is -1.58. The maximum Gasteiger partial charge on any atom is 0.191 e. The highest BCUT2D eigenvalue weighted by atomic mass is 127. The van der Waals surface area contributed by atoms with Gasteiger partial charge in [0, 0.05) is 51.3 Å². The van der Waals surface area contributed by atoms with Gasteiger partial charge in [0.2, 0.25) is 0 Å². The van der Waals surface area contributed by atoms with Gasteiger partial charge in [0.1, 0.15) is 0 Å². The second-order valence-corrected chi connectivity index (χ2v) is 6.18. The van der Waals surface area contributed by atoms with E-state index in [2.05, 4.69) is 51.0 Å². The Morgan fingerprint density at radius 2 is 2.12 bits per heavy atom. The van der Waals surface area contributed by atoms with Crippen molar-refractivity contribution in [3.8, 4) is 0 Å². The van der Waals surface area contributed by atoms with E-state index < -0.39 is 0 Å². The third kappa shape index (κ3) is 6.33. The molecule has 0 fully saturated rings. The first-order valence-electron chi connectivity index (χ1n) is 8.43. The number of hydrogen-bond acceptors (Lipinski definition) is 3. The van der Waals surface area contributed by atoms with Crippen LogP contribution in [0.3, 0.4) is 0 Å². The summed E-state index contributed by atoms with van der Waals surface area (Å²) in [6.45, 7) is 8.18. The Kier molecular flexibility index (Phi) is 8.95. The van der Waals surface area contributed by atoms with Crippen molar-refractivity contribution in [2.45, 2.75) is 46.2 Å². The summed E-state index contributed by atoms with van der Waals surface area (Å²) in [5.74, 6) is 0.840. The molecule has 0 bridgehead atoms. The normalized spacial score (nSPS) is 12.6. The molecule has 0 aliphatic heterocycles. The molecule has 0 amide bonds. The van der Waals surface area contributed by atoms with E-state index >= 15 is 0 Å². The van der Waals surface area contributed by atoms with Gasteiger partial charge in [-0.15, -0.1) is 24.0 Å². The number of imidazole rings is 1. The molecule has 140 valence electrons. The van der Waals surface area contributed by atoms with Crippen molar-refractivity contribution < 1.29 is 0 Å². The highest BCUT2D eigenvalue weighted by molar-refractivity contribution is 14.0. The lowest BCUT2D eigenvalue weighted by Crippen LogP contribution is -2.43. The van der Waals surface area contributed by atoms with Crippen LogP contribution in [0.5, 0.6) is 0 Å². The number of nitrogens with zero attached hydrogens (tertiary/aromatic N) is 5. The van der Waals surface area contributed by atoms with Gasteiger partial charge in [0.15, 0.2) is 5.96 Å². The summed E-state index contributed by atoms with van der Waals surface area (Å²) < 4.78 is 4.02. The van der Waals surface area contributed by atoms with Crippen molar-refractivity contribution >= 4 is 29.9 Å². The van der Waals surface area contributed by atoms with Crippen LogP contribution in [0.25, 0.3) is 0 Å².